The molecule has 134 valence electrons. The molecule has 0 saturated heterocycles. The van der Waals surface area contributed by atoms with E-state index in [2.05, 4.69) is 5.32 Å². The Kier molecular flexibility index (Phi) is 4.68. The quantitative estimate of drug-likeness (QED) is 0.666. The maximum atomic E-state index is 12.8. The number of amides is 1. The predicted molar refractivity (Wildman–Crippen MR) is 106 cm³/mol. The Bertz CT molecular complexity index is 957. The molecule has 0 radical (unpaired) electrons. The summed E-state index contributed by atoms with van der Waals surface area (Å²) in [4.78, 5) is 17.6. The molecule has 2 aromatic heterocycles. The van der Waals surface area contributed by atoms with Gasteiger partial charge in [-0.15, -0.1) is 0 Å². The zero-order valence-corrected chi connectivity index (χ0v) is 15.6. The summed E-state index contributed by atoms with van der Waals surface area (Å²) >= 11 is 6.18. The Morgan fingerprint density at radius 3 is 2.77 bits per heavy atom. The fraction of sp³-hybridized carbons (Fsp3) is 0.333. The lowest BCUT2D eigenvalue weighted by molar-refractivity contribution is -0.120. The molecule has 0 atom stereocenters. The van der Waals surface area contributed by atoms with Crippen LogP contribution in [0.5, 0.6) is 0 Å². The maximum absolute atomic E-state index is 12.8. The monoisotopic (exact) mass is 367 g/mol. The number of rotatable bonds is 3. The largest absolute Gasteiger partial charge is 0.310 e. The smallest absolute Gasteiger partial charge is 0.228 e. The summed E-state index contributed by atoms with van der Waals surface area (Å²) in [5, 5.41) is 3.81. The summed E-state index contributed by atoms with van der Waals surface area (Å²) in [6.07, 6.45) is 7.38. The van der Waals surface area contributed by atoms with Crippen LogP contribution in [0.3, 0.4) is 0 Å². The van der Waals surface area contributed by atoms with Gasteiger partial charge in [0.1, 0.15) is 17.2 Å². The molecular weight excluding hydrogens is 346 g/mol. The molecule has 4 nitrogen and oxygen atoms in total. The van der Waals surface area contributed by atoms with Gasteiger partial charge in [0.2, 0.25) is 5.91 Å². The van der Waals surface area contributed by atoms with Gasteiger partial charge in [-0.3, -0.25) is 9.20 Å². The second-order valence-corrected chi connectivity index (χ2v) is 7.51. The molecule has 0 aliphatic heterocycles. The number of fused-ring (bicyclic) bond motifs is 1. The van der Waals surface area contributed by atoms with E-state index in [1.165, 1.54) is 6.42 Å². The first-order chi connectivity index (χ1) is 12.6. The first-order valence-corrected chi connectivity index (χ1v) is 9.55. The van der Waals surface area contributed by atoms with Crippen molar-refractivity contribution < 1.29 is 4.79 Å². The van der Waals surface area contributed by atoms with Crippen LogP contribution < -0.4 is 5.32 Å². The average molecular weight is 368 g/mol. The van der Waals surface area contributed by atoms with E-state index in [1.54, 1.807) is 0 Å². The van der Waals surface area contributed by atoms with E-state index in [9.17, 15) is 4.79 Å². The summed E-state index contributed by atoms with van der Waals surface area (Å²) in [6.45, 7) is 2.04. The van der Waals surface area contributed by atoms with Crippen molar-refractivity contribution >= 4 is 29.0 Å². The molecule has 1 aliphatic carbocycles. The molecule has 1 aliphatic rings. The molecule has 1 N–H and O–H groups in total. The highest BCUT2D eigenvalue weighted by atomic mass is 35.5. The zero-order chi connectivity index (χ0) is 18.1. The van der Waals surface area contributed by atoms with Crippen molar-refractivity contribution in [2.75, 3.05) is 5.32 Å². The Labute approximate surface area is 158 Å². The molecule has 26 heavy (non-hydrogen) atoms. The van der Waals surface area contributed by atoms with E-state index in [-0.39, 0.29) is 11.8 Å². The van der Waals surface area contributed by atoms with Gasteiger partial charge in [0.25, 0.3) is 0 Å². The van der Waals surface area contributed by atoms with Crippen molar-refractivity contribution in [2.24, 2.45) is 5.92 Å². The first kappa shape index (κ1) is 17.1. The van der Waals surface area contributed by atoms with Crippen LogP contribution >= 0.6 is 11.6 Å². The summed E-state index contributed by atoms with van der Waals surface area (Å²) < 4.78 is 1.95. The molecule has 5 heteroatoms. The third-order valence-electron chi connectivity index (χ3n) is 5.10. The van der Waals surface area contributed by atoms with Gasteiger partial charge < -0.3 is 5.32 Å². The maximum Gasteiger partial charge on any atom is 0.228 e. The molecule has 0 spiro atoms. The summed E-state index contributed by atoms with van der Waals surface area (Å²) in [5.41, 5.74) is 3.60. The molecule has 0 unspecified atom stereocenters. The van der Waals surface area contributed by atoms with Gasteiger partial charge in [-0.05, 0) is 49.6 Å². The van der Waals surface area contributed by atoms with Crippen LogP contribution in [0.25, 0.3) is 16.9 Å². The van der Waals surface area contributed by atoms with Crippen LogP contribution in [-0.2, 0) is 4.79 Å². The number of anilines is 1. The van der Waals surface area contributed by atoms with Gasteiger partial charge in [-0.1, -0.05) is 43.0 Å². The van der Waals surface area contributed by atoms with Crippen LogP contribution in [0.4, 0.5) is 5.82 Å². The number of hydrogen-bond acceptors (Lipinski definition) is 2. The molecule has 1 amide bonds. The molecule has 3 aromatic rings. The molecule has 2 heterocycles. The normalized spacial score (nSPS) is 15.3. The lowest BCUT2D eigenvalue weighted by Crippen LogP contribution is -2.25. The summed E-state index contributed by atoms with van der Waals surface area (Å²) in [6, 6.07) is 11.6. The van der Waals surface area contributed by atoms with Crippen molar-refractivity contribution in [3.63, 3.8) is 0 Å². The number of hydrogen-bond donors (Lipinski definition) is 1. The number of aryl methyl sites for hydroxylation is 1. The zero-order valence-electron chi connectivity index (χ0n) is 14.8. The number of halogens is 1. The van der Waals surface area contributed by atoms with Crippen LogP contribution in [0, 0.1) is 12.8 Å². The highest BCUT2D eigenvalue weighted by Gasteiger charge is 2.24. The Balaban J connectivity index is 1.78. The van der Waals surface area contributed by atoms with Crippen molar-refractivity contribution in [2.45, 2.75) is 39.0 Å². The van der Waals surface area contributed by atoms with Gasteiger partial charge >= 0.3 is 0 Å². The number of carbonyl (C=O) groups is 1. The third kappa shape index (κ3) is 3.34. The van der Waals surface area contributed by atoms with Crippen molar-refractivity contribution in [1.29, 1.82) is 0 Å². The predicted octanol–water partition coefficient (Wildman–Crippen LogP) is 5.48. The number of benzene rings is 1. The van der Waals surface area contributed by atoms with Gasteiger partial charge in [-0.25, -0.2) is 4.98 Å². The van der Waals surface area contributed by atoms with Gasteiger partial charge in [0, 0.05) is 22.7 Å². The number of nitrogens with zero attached hydrogens (tertiary/aromatic N) is 2. The van der Waals surface area contributed by atoms with Crippen LogP contribution in [0.2, 0.25) is 5.02 Å². The minimum absolute atomic E-state index is 0.0898. The standard InChI is InChI=1S/C21H22ClN3O/c1-14-10-11-25-18(12-14)23-19(16-8-5-9-17(22)13-16)20(25)24-21(26)15-6-3-2-4-7-15/h5,8-13,15H,2-4,6-7H2,1H3,(H,24,26). The molecule has 4 rings (SSSR count). The Hall–Kier alpha value is -2.33. The average Bonchev–Trinajstić information content (AvgIpc) is 3.00. The van der Waals surface area contributed by atoms with E-state index in [4.69, 9.17) is 16.6 Å². The Morgan fingerprint density at radius 1 is 1.19 bits per heavy atom. The SMILES string of the molecule is Cc1ccn2c(NC(=O)C3CCCCC3)c(-c3cccc(Cl)c3)nc2c1. The molecule has 1 saturated carbocycles. The molecule has 0 bridgehead atoms. The number of carbonyl (C=O) groups excluding carboxylic acids is 1. The minimum Gasteiger partial charge on any atom is -0.310 e. The van der Waals surface area contributed by atoms with Gasteiger partial charge in [-0.2, -0.15) is 0 Å². The van der Waals surface area contributed by atoms with Gasteiger partial charge in [0.05, 0.1) is 0 Å². The highest BCUT2D eigenvalue weighted by molar-refractivity contribution is 6.30. The summed E-state index contributed by atoms with van der Waals surface area (Å²) in [7, 11) is 0. The first-order valence-electron chi connectivity index (χ1n) is 9.17. The van der Waals surface area contributed by atoms with Crippen molar-refractivity contribution in [3.8, 4) is 11.3 Å². The molecule has 1 fully saturated rings. The number of imidazole rings is 1. The molecule has 1 aromatic carbocycles. The minimum atomic E-state index is 0.0898. The second-order valence-electron chi connectivity index (χ2n) is 7.08. The lowest BCUT2D eigenvalue weighted by atomic mass is 9.88. The van der Waals surface area contributed by atoms with E-state index in [0.29, 0.717) is 5.02 Å². The van der Waals surface area contributed by atoms with E-state index in [1.807, 2.05) is 53.9 Å². The van der Waals surface area contributed by atoms with Gasteiger partial charge in [0.15, 0.2) is 0 Å². The van der Waals surface area contributed by atoms with Crippen LogP contribution in [0.15, 0.2) is 42.6 Å². The van der Waals surface area contributed by atoms with Crippen LogP contribution in [0.1, 0.15) is 37.7 Å². The van der Waals surface area contributed by atoms with E-state index < -0.39 is 0 Å². The second kappa shape index (κ2) is 7.12. The number of nitrogens with one attached hydrogen (secondary N) is 1. The number of aromatic nitrogens is 2. The number of pyridine rings is 1. The third-order valence-corrected chi connectivity index (χ3v) is 5.33. The summed E-state index contributed by atoms with van der Waals surface area (Å²) in [5.74, 6) is 0.903. The van der Waals surface area contributed by atoms with E-state index >= 15 is 0 Å². The highest BCUT2D eigenvalue weighted by Crippen LogP contribution is 2.32. The fourth-order valence-electron chi connectivity index (χ4n) is 3.69. The van der Waals surface area contributed by atoms with Crippen molar-refractivity contribution in [3.05, 3.63) is 53.2 Å². The topological polar surface area (TPSA) is 46.4 Å². The van der Waals surface area contributed by atoms with E-state index in [0.717, 1.165) is 54.0 Å². The fourth-order valence-corrected chi connectivity index (χ4v) is 3.88. The lowest BCUT2D eigenvalue weighted by Gasteiger charge is -2.21. The van der Waals surface area contributed by atoms with Crippen LogP contribution in [-0.4, -0.2) is 15.3 Å². The Morgan fingerprint density at radius 2 is 2.00 bits per heavy atom. The van der Waals surface area contributed by atoms with Crippen molar-refractivity contribution in [1.82, 2.24) is 9.38 Å². The molecular formula is C21H22ClN3O.